The van der Waals surface area contributed by atoms with E-state index >= 15 is 0 Å². The maximum atomic E-state index is 10.3. The van der Waals surface area contributed by atoms with E-state index < -0.39 is 10.5 Å². The first kappa shape index (κ1) is 11.6. The minimum absolute atomic E-state index is 0.0541. The highest BCUT2D eigenvalue weighted by molar-refractivity contribution is 6.51. The van der Waals surface area contributed by atoms with Gasteiger partial charge in [-0.3, -0.25) is 4.79 Å². The van der Waals surface area contributed by atoms with Crippen LogP contribution in [0.2, 0.25) is 0 Å². The van der Waals surface area contributed by atoms with E-state index in [-0.39, 0.29) is 5.88 Å². The topological polar surface area (TPSA) is 59.8 Å². The molecule has 0 aromatic carbocycles. The molecule has 1 N–H and O–H groups in total. The average Bonchev–Trinajstić information content (AvgIpc) is 2.66. The van der Waals surface area contributed by atoms with Crippen LogP contribution >= 0.6 is 34.8 Å². The van der Waals surface area contributed by atoms with Crippen molar-refractivity contribution in [1.29, 1.82) is 0 Å². The zero-order valence-corrected chi connectivity index (χ0v) is 9.17. The molecule has 0 bridgehead atoms. The van der Waals surface area contributed by atoms with E-state index in [1.807, 2.05) is 0 Å². The predicted octanol–water partition coefficient (Wildman–Crippen LogP) is 0.935. The van der Waals surface area contributed by atoms with Crippen molar-refractivity contribution in [2.75, 3.05) is 5.88 Å². The van der Waals surface area contributed by atoms with E-state index in [4.69, 9.17) is 34.8 Å². The summed E-state index contributed by atoms with van der Waals surface area (Å²) in [5.41, 5.74) is 0. The quantitative estimate of drug-likeness (QED) is 0.631. The summed E-state index contributed by atoms with van der Waals surface area (Å²) in [5.74, 6) is -0.0541. The van der Waals surface area contributed by atoms with Crippen LogP contribution in [0.3, 0.4) is 0 Å². The van der Waals surface area contributed by atoms with Gasteiger partial charge in [0.25, 0.3) is 0 Å². The van der Waals surface area contributed by atoms with Crippen LogP contribution in [0.25, 0.3) is 0 Å². The van der Waals surface area contributed by atoms with Gasteiger partial charge in [0.1, 0.15) is 12.7 Å². The predicted molar refractivity (Wildman–Crippen MR) is 53.4 cm³/mol. The minimum atomic E-state index is -1.34. The molecule has 14 heavy (non-hydrogen) atoms. The van der Waals surface area contributed by atoms with Crippen LogP contribution in [0, 0.1) is 0 Å². The summed E-state index contributed by atoms with van der Waals surface area (Å²) in [6.07, 6.45) is 2.41. The molecule has 1 atom stereocenters. The highest BCUT2D eigenvalue weighted by Gasteiger charge is 2.36. The van der Waals surface area contributed by atoms with Crippen LogP contribution in [-0.4, -0.2) is 31.4 Å². The molecule has 0 fully saturated rings. The third kappa shape index (κ3) is 2.50. The molecule has 0 aliphatic heterocycles. The summed E-state index contributed by atoms with van der Waals surface area (Å²) in [6.45, 7) is 0. The number of hydrogen-bond donors (Lipinski definition) is 1. The number of carbonyl (C=O) groups excluding carboxylic acids is 1. The van der Waals surface area contributed by atoms with Gasteiger partial charge in [-0.2, -0.15) is 5.10 Å². The van der Waals surface area contributed by atoms with Crippen LogP contribution in [0.5, 0.6) is 0 Å². The fraction of sp³-hybridized carbons (Fsp3) is 0.500. The summed E-state index contributed by atoms with van der Waals surface area (Å²) in [4.78, 5) is 14.0. The van der Waals surface area contributed by atoms with Gasteiger partial charge in [0.2, 0.25) is 6.41 Å². The van der Waals surface area contributed by atoms with Crippen molar-refractivity contribution in [3.63, 3.8) is 0 Å². The van der Waals surface area contributed by atoms with Crippen LogP contribution in [0.4, 0.5) is 0 Å². The average molecular weight is 258 g/mol. The molecule has 0 radical (unpaired) electrons. The molecular weight excluding hydrogens is 250 g/mol. The Hall–Kier alpha value is -0.520. The Kier molecular flexibility index (Phi) is 3.97. The van der Waals surface area contributed by atoms with Gasteiger partial charge in [-0.1, -0.05) is 23.2 Å². The highest BCUT2D eigenvalue weighted by atomic mass is 35.5. The Morgan fingerprint density at radius 1 is 1.64 bits per heavy atom. The van der Waals surface area contributed by atoms with Crippen molar-refractivity contribution in [3.8, 4) is 0 Å². The zero-order chi connectivity index (χ0) is 10.6. The van der Waals surface area contributed by atoms with E-state index in [9.17, 15) is 4.79 Å². The van der Waals surface area contributed by atoms with Gasteiger partial charge in [-0.05, 0) is 0 Å². The van der Waals surface area contributed by atoms with Crippen molar-refractivity contribution >= 4 is 41.2 Å². The van der Waals surface area contributed by atoms with Gasteiger partial charge in [0.05, 0.1) is 5.88 Å². The first-order valence-electron chi connectivity index (χ1n) is 3.59. The number of amides is 1. The Morgan fingerprint density at radius 2 is 2.36 bits per heavy atom. The molecule has 1 amide bonds. The third-order valence-corrected chi connectivity index (χ3v) is 2.88. The van der Waals surface area contributed by atoms with Gasteiger partial charge in [0, 0.05) is 0 Å². The van der Waals surface area contributed by atoms with Crippen molar-refractivity contribution in [1.82, 2.24) is 20.1 Å². The third-order valence-electron chi connectivity index (χ3n) is 1.51. The monoisotopic (exact) mass is 256 g/mol. The Bertz CT molecular complexity index is 289. The van der Waals surface area contributed by atoms with Crippen molar-refractivity contribution in [3.05, 3.63) is 12.7 Å². The number of hydrogen-bond acceptors (Lipinski definition) is 3. The van der Waals surface area contributed by atoms with E-state index in [1.54, 1.807) is 0 Å². The molecule has 78 valence electrons. The molecule has 0 aliphatic rings. The normalized spacial score (nSPS) is 13.6. The van der Waals surface area contributed by atoms with Crippen molar-refractivity contribution in [2.24, 2.45) is 0 Å². The molecule has 1 heterocycles. The molecule has 0 spiro atoms. The zero-order valence-electron chi connectivity index (χ0n) is 6.90. The Balaban J connectivity index is 2.90. The maximum Gasteiger partial charge on any atom is 0.208 e. The molecule has 5 nitrogen and oxygen atoms in total. The molecule has 1 aromatic rings. The van der Waals surface area contributed by atoms with Crippen LogP contribution < -0.4 is 5.32 Å². The van der Waals surface area contributed by atoms with Crippen LogP contribution in [0.1, 0.15) is 6.17 Å². The van der Waals surface area contributed by atoms with Crippen LogP contribution in [0.15, 0.2) is 12.7 Å². The largest absolute Gasteiger partial charge is 0.334 e. The second-order valence-electron chi connectivity index (χ2n) is 2.46. The Morgan fingerprint density at radius 3 is 2.79 bits per heavy atom. The summed E-state index contributed by atoms with van der Waals surface area (Å²) in [6, 6.07) is 0. The fourth-order valence-electron chi connectivity index (χ4n) is 0.880. The molecule has 0 saturated heterocycles. The number of aromatic nitrogens is 3. The lowest BCUT2D eigenvalue weighted by molar-refractivity contribution is -0.110. The fourth-order valence-corrected chi connectivity index (χ4v) is 1.35. The molecule has 1 unspecified atom stereocenters. The SMILES string of the molecule is O=CNC(n1cncn1)C(Cl)(Cl)CCl. The molecular formula is C6H7Cl3N4O. The second-order valence-corrected chi connectivity index (χ2v) is 4.27. The number of nitrogens with zero attached hydrogens (tertiary/aromatic N) is 3. The van der Waals surface area contributed by atoms with Gasteiger partial charge < -0.3 is 5.32 Å². The lowest BCUT2D eigenvalue weighted by Crippen LogP contribution is -2.40. The summed E-state index contributed by atoms with van der Waals surface area (Å²) in [5, 5.41) is 6.21. The molecule has 0 saturated carbocycles. The van der Waals surface area contributed by atoms with E-state index in [2.05, 4.69) is 15.4 Å². The maximum absolute atomic E-state index is 10.3. The van der Waals surface area contributed by atoms with Gasteiger partial charge in [0.15, 0.2) is 10.5 Å². The van der Waals surface area contributed by atoms with E-state index in [0.717, 1.165) is 0 Å². The van der Waals surface area contributed by atoms with Crippen molar-refractivity contribution < 1.29 is 4.79 Å². The molecule has 8 heteroatoms. The number of halogens is 3. The number of nitrogens with one attached hydrogen (secondary N) is 1. The van der Waals surface area contributed by atoms with Gasteiger partial charge in [-0.25, -0.2) is 9.67 Å². The lowest BCUT2D eigenvalue weighted by atomic mass is 10.3. The number of alkyl halides is 3. The highest BCUT2D eigenvalue weighted by Crippen LogP contribution is 2.32. The summed E-state index contributed by atoms with van der Waals surface area (Å²) in [7, 11) is 0. The van der Waals surface area contributed by atoms with Gasteiger partial charge in [-0.15, -0.1) is 11.6 Å². The first-order valence-corrected chi connectivity index (χ1v) is 4.88. The first-order chi connectivity index (χ1) is 6.61. The van der Waals surface area contributed by atoms with E-state index in [0.29, 0.717) is 6.41 Å². The van der Waals surface area contributed by atoms with Crippen molar-refractivity contribution in [2.45, 2.75) is 10.5 Å². The summed E-state index contributed by atoms with van der Waals surface area (Å²) < 4.78 is -0.0209. The van der Waals surface area contributed by atoms with E-state index in [1.165, 1.54) is 17.3 Å². The smallest absolute Gasteiger partial charge is 0.208 e. The Labute approximate surface area is 95.3 Å². The van der Waals surface area contributed by atoms with Crippen LogP contribution in [-0.2, 0) is 4.79 Å². The minimum Gasteiger partial charge on any atom is -0.334 e. The van der Waals surface area contributed by atoms with Gasteiger partial charge >= 0.3 is 0 Å². The second kappa shape index (κ2) is 4.82. The lowest BCUT2D eigenvalue weighted by Gasteiger charge is -2.26. The summed E-state index contributed by atoms with van der Waals surface area (Å²) >= 11 is 17.3. The molecule has 1 aromatic heterocycles. The number of rotatable bonds is 5. The molecule has 1 rings (SSSR count). The standard InChI is InChI=1S/C6H7Cl3N4O/c7-1-6(8,9)5(11-4-14)13-3-10-2-12-13/h2-5H,1H2,(H,11,14). The molecule has 0 aliphatic carbocycles. The number of carbonyl (C=O) groups is 1.